The average Bonchev–Trinajstić information content (AvgIpc) is 2.48. The topological polar surface area (TPSA) is 38.0 Å². The second-order valence-corrected chi connectivity index (χ2v) is 4.67. The van der Waals surface area contributed by atoms with E-state index in [4.69, 9.17) is 5.73 Å². The highest BCUT2D eigenvalue weighted by molar-refractivity contribution is 5.38. The number of halogens is 3. The molecule has 0 amide bonds. The quantitative estimate of drug-likeness (QED) is 0.887. The van der Waals surface area contributed by atoms with Gasteiger partial charge in [-0.15, -0.1) is 0 Å². The Labute approximate surface area is 121 Å². The van der Waals surface area contributed by atoms with E-state index in [2.05, 4.69) is 5.32 Å². The van der Waals surface area contributed by atoms with Crippen molar-refractivity contribution < 1.29 is 13.2 Å². The van der Waals surface area contributed by atoms with Crippen molar-refractivity contribution >= 4 is 0 Å². The number of benzene rings is 2. The first-order valence-corrected chi connectivity index (χ1v) is 6.68. The van der Waals surface area contributed by atoms with Gasteiger partial charge in [0.05, 0.1) is 11.6 Å². The molecular formula is C16H17F3N2. The summed E-state index contributed by atoms with van der Waals surface area (Å²) >= 11 is 0. The van der Waals surface area contributed by atoms with Crippen molar-refractivity contribution in [2.75, 3.05) is 13.1 Å². The van der Waals surface area contributed by atoms with Crippen LogP contribution in [-0.2, 0) is 6.18 Å². The standard InChI is InChI=1S/C16H17F3N2/c17-16(18,19)14-9-5-4-8-13(14)15(21-11-10-20)12-6-2-1-3-7-12/h1-9,15,21H,10-11,20H2/t15-/m0/s1. The maximum atomic E-state index is 13.2. The van der Waals surface area contributed by atoms with E-state index in [0.29, 0.717) is 13.1 Å². The van der Waals surface area contributed by atoms with Crippen molar-refractivity contribution in [3.63, 3.8) is 0 Å². The van der Waals surface area contributed by atoms with Gasteiger partial charge in [-0.3, -0.25) is 0 Å². The molecule has 2 aromatic carbocycles. The molecular weight excluding hydrogens is 277 g/mol. The van der Waals surface area contributed by atoms with Gasteiger partial charge in [0, 0.05) is 13.1 Å². The predicted molar refractivity (Wildman–Crippen MR) is 76.8 cm³/mol. The number of nitrogens with one attached hydrogen (secondary N) is 1. The van der Waals surface area contributed by atoms with Gasteiger partial charge in [-0.05, 0) is 17.2 Å². The fourth-order valence-electron chi connectivity index (χ4n) is 2.29. The molecule has 3 N–H and O–H groups in total. The number of rotatable bonds is 5. The van der Waals surface area contributed by atoms with Gasteiger partial charge in [0.25, 0.3) is 0 Å². The summed E-state index contributed by atoms with van der Waals surface area (Å²) in [5.41, 5.74) is 5.84. The van der Waals surface area contributed by atoms with Crippen LogP contribution in [-0.4, -0.2) is 13.1 Å². The lowest BCUT2D eigenvalue weighted by Gasteiger charge is -2.23. The summed E-state index contributed by atoms with van der Waals surface area (Å²) in [6.45, 7) is 0.795. The van der Waals surface area contributed by atoms with Gasteiger partial charge >= 0.3 is 6.18 Å². The highest BCUT2D eigenvalue weighted by atomic mass is 19.4. The van der Waals surface area contributed by atoms with E-state index in [-0.39, 0.29) is 5.56 Å². The summed E-state index contributed by atoms with van der Waals surface area (Å²) < 4.78 is 39.6. The summed E-state index contributed by atoms with van der Waals surface area (Å²) in [4.78, 5) is 0. The molecule has 0 unspecified atom stereocenters. The van der Waals surface area contributed by atoms with E-state index in [9.17, 15) is 13.2 Å². The van der Waals surface area contributed by atoms with Gasteiger partial charge in [0.15, 0.2) is 0 Å². The third-order valence-corrected chi connectivity index (χ3v) is 3.20. The van der Waals surface area contributed by atoms with Crippen molar-refractivity contribution in [3.05, 3.63) is 71.3 Å². The highest BCUT2D eigenvalue weighted by Gasteiger charge is 2.35. The maximum absolute atomic E-state index is 13.2. The van der Waals surface area contributed by atoms with Crippen LogP contribution in [0.4, 0.5) is 13.2 Å². The Morgan fingerprint density at radius 3 is 2.19 bits per heavy atom. The van der Waals surface area contributed by atoms with Gasteiger partial charge in [-0.1, -0.05) is 48.5 Å². The minimum atomic E-state index is -4.38. The summed E-state index contributed by atoms with van der Waals surface area (Å²) in [6, 6.07) is 14.2. The van der Waals surface area contributed by atoms with Crippen LogP contribution in [0.15, 0.2) is 54.6 Å². The average molecular weight is 294 g/mol. The molecule has 2 nitrogen and oxygen atoms in total. The molecule has 5 heteroatoms. The second kappa shape index (κ2) is 6.74. The summed E-state index contributed by atoms with van der Waals surface area (Å²) in [5, 5.41) is 3.09. The van der Waals surface area contributed by atoms with Crippen molar-refractivity contribution in [1.29, 1.82) is 0 Å². The Balaban J connectivity index is 2.47. The molecule has 0 aliphatic heterocycles. The minimum Gasteiger partial charge on any atom is -0.329 e. The monoisotopic (exact) mass is 294 g/mol. The molecule has 0 radical (unpaired) electrons. The predicted octanol–water partition coefficient (Wildman–Crippen LogP) is 3.34. The zero-order valence-electron chi connectivity index (χ0n) is 11.4. The van der Waals surface area contributed by atoms with Crippen LogP contribution < -0.4 is 11.1 Å². The van der Waals surface area contributed by atoms with Gasteiger partial charge in [0.1, 0.15) is 0 Å². The van der Waals surface area contributed by atoms with E-state index in [1.807, 2.05) is 18.2 Å². The molecule has 2 rings (SSSR count). The molecule has 112 valence electrons. The Morgan fingerprint density at radius 2 is 1.57 bits per heavy atom. The normalized spacial score (nSPS) is 13.1. The zero-order valence-corrected chi connectivity index (χ0v) is 11.4. The van der Waals surface area contributed by atoms with Crippen molar-refractivity contribution in [2.45, 2.75) is 12.2 Å². The molecule has 0 aliphatic carbocycles. The van der Waals surface area contributed by atoms with E-state index in [0.717, 1.165) is 11.6 Å². The van der Waals surface area contributed by atoms with E-state index in [1.54, 1.807) is 18.2 Å². The smallest absolute Gasteiger partial charge is 0.329 e. The van der Waals surface area contributed by atoms with E-state index >= 15 is 0 Å². The van der Waals surface area contributed by atoms with Crippen molar-refractivity contribution in [3.8, 4) is 0 Å². The molecule has 0 bridgehead atoms. The molecule has 0 saturated carbocycles. The molecule has 1 atom stereocenters. The first kappa shape index (κ1) is 15.5. The van der Waals surface area contributed by atoms with E-state index < -0.39 is 17.8 Å². The molecule has 0 spiro atoms. The zero-order chi connectivity index (χ0) is 15.3. The van der Waals surface area contributed by atoms with Gasteiger partial charge in [-0.25, -0.2) is 0 Å². The lowest BCUT2D eigenvalue weighted by Crippen LogP contribution is -2.29. The molecule has 21 heavy (non-hydrogen) atoms. The number of hydrogen-bond donors (Lipinski definition) is 2. The van der Waals surface area contributed by atoms with Gasteiger partial charge in [-0.2, -0.15) is 13.2 Å². The first-order valence-electron chi connectivity index (χ1n) is 6.68. The van der Waals surface area contributed by atoms with Crippen molar-refractivity contribution in [2.24, 2.45) is 5.73 Å². The van der Waals surface area contributed by atoms with Gasteiger partial charge in [0.2, 0.25) is 0 Å². The van der Waals surface area contributed by atoms with Crippen LogP contribution in [0.1, 0.15) is 22.7 Å². The number of nitrogens with two attached hydrogens (primary N) is 1. The van der Waals surface area contributed by atoms with Crippen LogP contribution in [0.5, 0.6) is 0 Å². The van der Waals surface area contributed by atoms with Crippen molar-refractivity contribution in [1.82, 2.24) is 5.32 Å². The van der Waals surface area contributed by atoms with Crippen LogP contribution in [0.2, 0.25) is 0 Å². The van der Waals surface area contributed by atoms with Crippen LogP contribution in [0, 0.1) is 0 Å². The highest BCUT2D eigenvalue weighted by Crippen LogP contribution is 2.36. The third-order valence-electron chi connectivity index (χ3n) is 3.20. The fourth-order valence-corrected chi connectivity index (χ4v) is 2.29. The Bertz CT molecular complexity index is 567. The summed E-state index contributed by atoms with van der Waals surface area (Å²) in [7, 11) is 0. The Hall–Kier alpha value is -1.85. The maximum Gasteiger partial charge on any atom is 0.416 e. The van der Waals surface area contributed by atoms with Crippen LogP contribution >= 0.6 is 0 Å². The fraction of sp³-hybridized carbons (Fsp3) is 0.250. The summed E-state index contributed by atoms with van der Waals surface area (Å²) in [5.74, 6) is 0. The molecule has 0 aliphatic rings. The number of alkyl halides is 3. The second-order valence-electron chi connectivity index (χ2n) is 4.67. The van der Waals surface area contributed by atoms with Crippen LogP contribution in [0.3, 0.4) is 0 Å². The molecule has 0 saturated heterocycles. The minimum absolute atomic E-state index is 0.213. The lowest BCUT2D eigenvalue weighted by molar-refractivity contribution is -0.138. The van der Waals surface area contributed by atoms with E-state index in [1.165, 1.54) is 12.1 Å². The molecule has 0 fully saturated rings. The third kappa shape index (κ3) is 3.83. The Kier molecular flexibility index (Phi) is 4.98. The molecule has 0 heterocycles. The lowest BCUT2D eigenvalue weighted by atomic mass is 9.94. The summed E-state index contributed by atoms with van der Waals surface area (Å²) in [6.07, 6.45) is -4.38. The molecule has 2 aromatic rings. The largest absolute Gasteiger partial charge is 0.416 e. The first-order chi connectivity index (χ1) is 10.0. The van der Waals surface area contributed by atoms with Gasteiger partial charge < -0.3 is 11.1 Å². The molecule has 0 aromatic heterocycles. The number of hydrogen-bond acceptors (Lipinski definition) is 2. The van der Waals surface area contributed by atoms with Crippen LogP contribution in [0.25, 0.3) is 0 Å². The SMILES string of the molecule is NCCN[C@@H](c1ccccc1)c1ccccc1C(F)(F)F. The Morgan fingerprint density at radius 1 is 0.952 bits per heavy atom.